The molecule has 0 aliphatic carbocycles. The molecule has 2 aromatic rings. The molecule has 0 aliphatic rings. The Morgan fingerprint density at radius 1 is 1.19 bits per heavy atom. The Morgan fingerprint density at radius 3 is 2.69 bits per heavy atom. The molecule has 0 amide bonds. The highest BCUT2D eigenvalue weighted by molar-refractivity contribution is 6.04. The lowest BCUT2D eigenvalue weighted by Crippen LogP contribution is -1.93. The molecule has 0 radical (unpaired) electrons. The lowest BCUT2D eigenvalue weighted by Gasteiger charge is -1.97. The second-order valence-electron chi connectivity index (χ2n) is 3.22. The van der Waals surface area contributed by atoms with Crippen molar-refractivity contribution in [3.05, 3.63) is 66.8 Å². The molecule has 0 spiro atoms. The molecule has 0 saturated carbocycles. The summed E-state index contributed by atoms with van der Waals surface area (Å²) in [7, 11) is 0. The fraction of sp³-hybridized carbons (Fsp3) is 0. The Balaban J connectivity index is 1.93. The van der Waals surface area contributed by atoms with Crippen molar-refractivity contribution >= 4 is 11.5 Å². The molecule has 1 aromatic carbocycles. The van der Waals surface area contributed by atoms with Crippen molar-refractivity contribution in [2.24, 2.45) is 0 Å². The summed E-state index contributed by atoms with van der Waals surface area (Å²) in [6.45, 7) is 0. The first-order valence-corrected chi connectivity index (χ1v) is 4.91. The van der Waals surface area contributed by atoms with Gasteiger partial charge in [-0.1, -0.05) is 18.2 Å². The lowest BCUT2D eigenvalue weighted by atomic mass is 10.2. The third-order valence-corrected chi connectivity index (χ3v) is 2.06. The van der Waals surface area contributed by atoms with Gasteiger partial charge in [0.15, 0.2) is 5.78 Å². The van der Waals surface area contributed by atoms with Crippen molar-refractivity contribution in [3.8, 4) is 0 Å². The highest BCUT2D eigenvalue weighted by Gasteiger charge is 2.01. The molecule has 0 bridgehead atoms. The Labute approximate surface area is 93.4 Å². The van der Waals surface area contributed by atoms with Crippen molar-refractivity contribution in [1.82, 2.24) is 0 Å². The van der Waals surface area contributed by atoms with Gasteiger partial charge in [0.25, 0.3) is 0 Å². The number of allylic oxidation sites excluding steroid dienone is 1. The normalized spacial score (nSPS) is 10.5. The van der Waals surface area contributed by atoms with Crippen LogP contribution in [0.3, 0.4) is 0 Å². The van der Waals surface area contributed by atoms with Gasteiger partial charge in [0.1, 0.15) is 6.26 Å². The van der Waals surface area contributed by atoms with Gasteiger partial charge in [-0.15, -0.1) is 0 Å². The molecule has 3 nitrogen and oxygen atoms in total. The first-order chi connectivity index (χ1) is 7.86. The van der Waals surface area contributed by atoms with Crippen LogP contribution >= 0.6 is 0 Å². The molecule has 2 rings (SSSR count). The molecular formula is C13H11NO2. The quantitative estimate of drug-likeness (QED) is 0.626. The molecule has 0 saturated heterocycles. The fourth-order valence-corrected chi connectivity index (χ4v) is 1.25. The van der Waals surface area contributed by atoms with Crippen LogP contribution in [0.2, 0.25) is 0 Å². The number of ketones is 1. The van der Waals surface area contributed by atoms with Gasteiger partial charge in [0.2, 0.25) is 0 Å². The number of carbonyl (C=O) groups excluding carboxylic acids is 1. The van der Waals surface area contributed by atoms with Crippen molar-refractivity contribution in [2.45, 2.75) is 0 Å². The van der Waals surface area contributed by atoms with E-state index in [1.165, 1.54) is 18.6 Å². The number of hydrogen-bond donors (Lipinski definition) is 1. The van der Waals surface area contributed by atoms with E-state index in [0.29, 0.717) is 5.56 Å². The van der Waals surface area contributed by atoms with E-state index in [1.807, 2.05) is 30.3 Å². The summed E-state index contributed by atoms with van der Waals surface area (Å²) in [6, 6.07) is 11.3. The largest absolute Gasteiger partial charge is 0.472 e. The minimum Gasteiger partial charge on any atom is -0.472 e. The number of para-hydroxylation sites is 1. The Bertz CT molecular complexity index is 472. The van der Waals surface area contributed by atoms with E-state index in [-0.39, 0.29) is 5.78 Å². The van der Waals surface area contributed by atoms with Gasteiger partial charge in [0.05, 0.1) is 11.8 Å². The van der Waals surface area contributed by atoms with E-state index in [1.54, 1.807) is 12.3 Å². The van der Waals surface area contributed by atoms with Crippen LogP contribution in [0, 0.1) is 0 Å². The van der Waals surface area contributed by atoms with E-state index in [0.717, 1.165) is 5.69 Å². The van der Waals surface area contributed by atoms with Crippen LogP contribution in [-0.4, -0.2) is 5.78 Å². The molecule has 3 heteroatoms. The zero-order valence-corrected chi connectivity index (χ0v) is 8.59. The summed E-state index contributed by atoms with van der Waals surface area (Å²) in [4.78, 5) is 11.5. The number of rotatable bonds is 4. The molecule has 0 aliphatic heterocycles. The Morgan fingerprint density at radius 2 is 2.00 bits per heavy atom. The number of benzene rings is 1. The number of hydrogen-bond acceptors (Lipinski definition) is 3. The van der Waals surface area contributed by atoms with E-state index in [9.17, 15) is 4.79 Å². The highest BCUT2D eigenvalue weighted by Crippen LogP contribution is 2.05. The smallest absolute Gasteiger partial charge is 0.190 e. The zero-order chi connectivity index (χ0) is 11.2. The van der Waals surface area contributed by atoms with Gasteiger partial charge in [-0.05, 0) is 18.2 Å². The summed E-state index contributed by atoms with van der Waals surface area (Å²) >= 11 is 0. The molecular weight excluding hydrogens is 202 g/mol. The van der Waals surface area contributed by atoms with Crippen LogP contribution < -0.4 is 5.32 Å². The third-order valence-electron chi connectivity index (χ3n) is 2.06. The maximum Gasteiger partial charge on any atom is 0.190 e. The monoisotopic (exact) mass is 213 g/mol. The molecule has 16 heavy (non-hydrogen) atoms. The minimum atomic E-state index is -0.0859. The average molecular weight is 213 g/mol. The molecule has 0 unspecified atom stereocenters. The van der Waals surface area contributed by atoms with Crippen molar-refractivity contribution in [2.75, 3.05) is 5.32 Å². The van der Waals surface area contributed by atoms with E-state index < -0.39 is 0 Å². The standard InChI is InChI=1S/C13H11NO2/c15-13(11-7-9-16-10-11)6-8-14-12-4-2-1-3-5-12/h1-10,14H/b8-6-. The van der Waals surface area contributed by atoms with E-state index >= 15 is 0 Å². The predicted molar refractivity (Wildman–Crippen MR) is 62.2 cm³/mol. The topological polar surface area (TPSA) is 42.2 Å². The number of nitrogens with one attached hydrogen (secondary N) is 1. The third kappa shape index (κ3) is 2.60. The molecule has 0 atom stereocenters. The van der Waals surface area contributed by atoms with Crippen LogP contribution in [-0.2, 0) is 0 Å². The van der Waals surface area contributed by atoms with Crippen LogP contribution in [0.15, 0.2) is 65.6 Å². The van der Waals surface area contributed by atoms with Crippen molar-refractivity contribution in [3.63, 3.8) is 0 Å². The minimum absolute atomic E-state index is 0.0859. The molecule has 0 fully saturated rings. The lowest BCUT2D eigenvalue weighted by molar-refractivity contribution is 0.104. The van der Waals surface area contributed by atoms with Gasteiger partial charge in [-0.2, -0.15) is 0 Å². The highest BCUT2D eigenvalue weighted by atomic mass is 16.3. The van der Waals surface area contributed by atoms with Crippen LogP contribution in [0.5, 0.6) is 0 Å². The molecule has 1 heterocycles. The number of carbonyl (C=O) groups is 1. The van der Waals surface area contributed by atoms with Gasteiger partial charge < -0.3 is 9.73 Å². The second kappa shape index (κ2) is 4.98. The average Bonchev–Trinajstić information content (AvgIpc) is 2.84. The summed E-state index contributed by atoms with van der Waals surface area (Å²) < 4.78 is 4.83. The fourth-order valence-electron chi connectivity index (χ4n) is 1.25. The number of furan rings is 1. The van der Waals surface area contributed by atoms with Gasteiger partial charge >= 0.3 is 0 Å². The van der Waals surface area contributed by atoms with Gasteiger partial charge in [-0.25, -0.2) is 0 Å². The van der Waals surface area contributed by atoms with Crippen molar-refractivity contribution < 1.29 is 9.21 Å². The zero-order valence-electron chi connectivity index (χ0n) is 8.59. The van der Waals surface area contributed by atoms with E-state index in [2.05, 4.69) is 5.32 Å². The van der Waals surface area contributed by atoms with Gasteiger partial charge in [-0.3, -0.25) is 4.79 Å². The SMILES string of the molecule is O=C(/C=C\Nc1ccccc1)c1ccoc1. The van der Waals surface area contributed by atoms with Crippen molar-refractivity contribution in [1.29, 1.82) is 0 Å². The Hall–Kier alpha value is -2.29. The number of anilines is 1. The summed E-state index contributed by atoms with van der Waals surface area (Å²) in [6.07, 6.45) is 5.99. The maximum atomic E-state index is 11.5. The second-order valence-corrected chi connectivity index (χ2v) is 3.22. The van der Waals surface area contributed by atoms with Crippen LogP contribution in [0.1, 0.15) is 10.4 Å². The maximum absolute atomic E-state index is 11.5. The molecule has 80 valence electrons. The molecule has 1 aromatic heterocycles. The summed E-state index contributed by atoms with van der Waals surface area (Å²) in [5.74, 6) is -0.0859. The molecule has 1 N–H and O–H groups in total. The first-order valence-electron chi connectivity index (χ1n) is 4.91. The summed E-state index contributed by atoms with van der Waals surface area (Å²) in [5, 5.41) is 3.01. The van der Waals surface area contributed by atoms with Crippen LogP contribution in [0.4, 0.5) is 5.69 Å². The first kappa shape index (κ1) is 10.2. The Kier molecular flexibility index (Phi) is 3.18. The van der Waals surface area contributed by atoms with Gasteiger partial charge in [0, 0.05) is 18.0 Å². The van der Waals surface area contributed by atoms with Crippen LogP contribution in [0.25, 0.3) is 0 Å². The summed E-state index contributed by atoms with van der Waals surface area (Å²) in [5.41, 5.74) is 1.49. The van der Waals surface area contributed by atoms with E-state index in [4.69, 9.17) is 4.42 Å². The predicted octanol–water partition coefficient (Wildman–Crippen LogP) is 3.09.